The Hall–Kier alpha value is -3.68. The minimum absolute atomic E-state index is 0.0463. The normalized spacial score (nSPS) is 13.8. The summed E-state index contributed by atoms with van der Waals surface area (Å²) in [5, 5.41) is 2.80. The SMILES string of the molecule is Cc1cn(C/C=C/C[P@@](=O)(N[C@@H](C)C(=O)OCc2ccccc2)Oc2ccccc2)c(=O)[nH]c1=O. The number of aryl methyl sites for hydroxylation is 1. The number of esters is 1. The standard InChI is InChI=1S/C25H28N3O6P/c1-19-17-28(25(31)26-23(19)29)15-9-10-16-35(32,34-22-13-7-4-8-14-22)27-20(2)24(30)33-18-21-11-5-3-6-12-21/h3-14,17,20H,15-16,18H2,1-2H3,(H,27,32)(H,26,29,31)/b10-9+/t20-,35-/m0/s1. The monoisotopic (exact) mass is 497 g/mol. The maximum absolute atomic E-state index is 13.6. The number of aromatic nitrogens is 2. The molecule has 184 valence electrons. The van der Waals surface area contributed by atoms with Crippen molar-refractivity contribution in [1.29, 1.82) is 0 Å². The van der Waals surface area contributed by atoms with Crippen LogP contribution in [0.1, 0.15) is 18.1 Å². The van der Waals surface area contributed by atoms with Gasteiger partial charge in [0, 0.05) is 18.3 Å². The maximum Gasteiger partial charge on any atom is 0.328 e. The van der Waals surface area contributed by atoms with Gasteiger partial charge in [0.25, 0.3) is 5.56 Å². The van der Waals surface area contributed by atoms with Crippen LogP contribution in [-0.4, -0.2) is 27.7 Å². The summed E-state index contributed by atoms with van der Waals surface area (Å²) in [4.78, 5) is 38.2. The topological polar surface area (TPSA) is 119 Å². The summed E-state index contributed by atoms with van der Waals surface area (Å²) in [6, 6.07) is 17.0. The number of carbonyl (C=O) groups excluding carboxylic acids is 1. The number of hydrogen-bond donors (Lipinski definition) is 2. The summed E-state index contributed by atoms with van der Waals surface area (Å²) in [7, 11) is -3.58. The molecule has 0 radical (unpaired) electrons. The number of rotatable bonds is 11. The van der Waals surface area contributed by atoms with Crippen molar-refractivity contribution in [2.75, 3.05) is 6.16 Å². The molecule has 2 atom stereocenters. The van der Waals surface area contributed by atoms with E-state index in [4.69, 9.17) is 9.26 Å². The third-order valence-electron chi connectivity index (χ3n) is 4.97. The zero-order valence-corrected chi connectivity index (χ0v) is 20.4. The molecule has 10 heteroatoms. The van der Waals surface area contributed by atoms with E-state index in [0.29, 0.717) is 11.3 Å². The second-order valence-corrected chi connectivity index (χ2v) is 10.1. The highest BCUT2D eigenvalue weighted by Crippen LogP contribution is 2.43. The van der Waals surface area contributed by atoms with E-state index in [2.05, 4.69) is 10.1 Å². The van der Waals surface area contributed by atoms with E-state index >= 15 is 0 Å². The van der Waals surface area contributed by atoms with Gasteiger partial charge in [0.15, 0.2) is 0 Å². The third-order valence-corrected chi connectivity index (χ3v) is 6.95. The number of para-hydroxylation sites is 1. The van der Waals surface area contributed by atoms with Crippen molar-refractivity contribution >= 4 is 13.5 Å². The molecule has 2 aromatic carbocycles. The van der Waals surface area contributed by atoms with Gasteiger partial charge in [0.1, 0.15) is 18.4 Å². The van der Waals surface area contributed by atoms with Crippen LogP contribution in [0.4, 0.5) is 0 Å². The van der Waals surface area contributed by atoms with Gasteiger partial charge in [-0.3, -0.25) is 23.7 Å². The first-order chi connectivity index (χ1) is 16.8. The number of hydrogen-bond acceptors (Lipinski definition) is 6. The van der Waals surface area contributed by atoms with Crippen LogP contribution in [-0.2, 0) is 27.2 Å². The molecule has 0 unspecified atom stereocenters. The Bertz CT molecular complexity index is 1320. The van der Waals surface area contributed by atoms with Crippen molar-refractivity contribution in [3.63, 3.8) is 0 Å². The Morgan fingerprint density at radius 1 is 1.09 bits per heavy atom. The average Bonchev–Trinajstić information content (AvgIpc) is 2.84. The lowest BCUT2D eigenvalue weighted by Gasteiger charge is -2.22. The lowest BCUT2D eigenvalue weighted by atomic mass is 10.2. The first kappa shape index (κ1) is 25.9. The number of nitrogens with one attached hydrogen (secondary N) is 2. The van der Waals surface area contributed by atoms with Gasteiger partial charge in [-0.05, 0) is 31.5 Å². The molecule has 0 fully saturated rings. The first-order valence-electron chi connectivity index (χ1n) is 11.0. The number of benzene rings is 2. The number of aromatic amines is 1. The summed E-state index contributed by atoms with van der Waals surface area (Å²) >= 11 is 0. The Balaban J connectivity index is 1.68. The van der Waals surface area contributed by atoms with Crippen LogP contribution in [0.25, 0.3) is 0 Å². The van der Waals surface area contributed by atoms with E-state index in [1.54, 1.807) is 56.3 Å². The summed E-state index contributed by atoms with van der Waals surface area (Å²) in [5.74, 6) is -0.181. The van der Waals surface area contributed by atoms with Crippen LogP contribution in [0.5, 0.6) is 5.75 Å². The zero-order valence-electron chi connectivity index (χ0n) is 19.5. The number of nitrogens with zero attached hydrogens (tertiary/aromatic N) is 1. The predicted molar refractivity (Wildman–Crippen MR) is 134 cm³/mol. The minimum Gasteiger partial charge on any atom is -0.460 e. The summed E-state index contributed by atoms with van der Waals surface area (Å²) in [6.45, 7) is 3.42. The average molecular weight is 497 g/mol. The molecular formula is C25H28N3O6P. The van der Waals surface area contributed by atoms with Crippen LogP contribution in [0.3, 0.4) is 0 Å². The van der Waals surface area contributed by atoms with E-state index in [1.807, 2.05) is 30.3 Å². The highest BCUT2D eigenvalue weighted by atomic mass is 31.2. The number of carbonyl (C=O) groups is 1. The van der Waals surface area contributed by atoms with Crippen LogP contribution in [0, 0.1) is 6.92 Å². The van der Waals surface area contributed by atoms with Gasteiger partial charge in [-0.1, -0.05) is 60.7 Å². The number of allylic oxidation sites excluding steroid dienone is 2. The lowest BCUT2D eigenvalue weighted by molar-refractivity contribution is -0.146. The third kappa shape index (κ3) is 7.95. The molecule has 0 aliphatic heterocycles. The number of H-pyrrole nitrogens is 1. The van der Waals surface area contributed by atoms with Crippen molar-refractivity contribution in [3.8, 4) is 5.75 Å². The fraction of sp³-hybridized carbons (Fsp3) is 0.240. The molecule has 1 aromatic heterocycles. The van der Waals surface area contributed by atoms with Crippen LogP contribution < -0.4 is 20.9 Å². The van der Waals surface area contributed by atoms with Crippen molar-refractivity contribution in [2.45, 2.75) is 33.0 Å². The Labute approximate surface area is 202 Å². The van der Waals surface area contributed by atoms with E-state index in [-0.39, 0.29) is 19.3 Å². The molecule has 3 rings (SSSR count). The van der Waals surface area contributed by atoms with Crippen molar-refractivity contribution < 1.29 is 18.6 Å². The number of ether oxygens (including phenoxy) is 1. The van der Waals surface area contributed by atoms with Gasteiger partial charge >= 0.3 is 19.2 Å². The molecule has 1 heterocycles. The molecule has 0 aliphatic rings. The second-order valence-electron chi connectivity index (χ2n) is 7.90. The molecule has 2 N–H and O–H groups in total. The Morgan fingerprint density at radius 3 is 2.43 bits per heavy atom. The Kier molecular flexibility index (Phi) is 9.00. The smallest absolute Gasteiger partial charge is 0.328 e. The van der Waals surface area contributed by atoms with E-state index in [1.165, 1.54) is 10.8 Å². The molecule has 0 saturated carbocycles. The van der Waals surface area contributed by atoms with Gasteiger partial charge in [0.2, 0.25) is 0 Å². The molecule has 0 amide bonds. The van der Waals surface area contributed by atoms with E-state index in [0.717, 1.165) is 5.56 Å². The van der Waals surface area contributed by atoms with Gasteiger partial charge in [0.05, 0.1) is 6.16 Å². The Morgan fingerprint density at radius 2 is 1.74 bits per heavy atom. The molecule has 0 aliphatic carbocycles. The first-order valence-corrected chi connectivity index (χ1v) is 12.8. The summed E-state index contributed by atoms with van der Waals surface area (Å²) in [5.41, 5.74) is 0.267. The molecule has 9 nitrogen and oxygen atoms in total. The van der Waals surface area contributed by atoms with Crippen LogP contribution >= 0.6 is 7.52 Å². The van der Waals surface area contributed by atoms with E-state index < -0.39 is 30.8 Å². The maximum atomic E-state index is 13.6. The zero-order chi connectivity index (χ0) is 25.3. The highest BCUT2D eigenvalue weighted by Gasteiger charge is 2.29. The molecule has 0 bridgehead atoms. The molecule has 3 aromatic rings. The van der Waals surface area contributed by atoms with Crippen molar-refractivity contribution in [3.05, 3.63) is 111 Å². The quantitative estimate of drug-likeness (QED) is 0.237. The van der Waals surface area contributed by atoms with Gasteiger partial charge in [-0.25, -0.2) is 9.88 Å². The lowest BCUT2D eigenvalue weighted by Crippen LogP contribution is -2.35. The largest absolute Gasteiger partial charge is 0.460 e. The molecule has 0 saturated heterocycles. The van der Waals surface area contributed by atoms with Crippen molar-refractivity contribution in [1.82, 2.24) is 14.6 Å². The summed E-state index contributed by atoms with van der Waals surface area (Å²) in [6.07, 6.45) is 4.65. The fourth-order valence-electron chi connectivity index (χ4n) is 3.12. The van der Waals surface area contributed by atoms with Gasteiger partial charge < -0.3 is 9.26 Å². The highest BCUT2D eigenvalue weighted by molar-refractivity contribution is 7.57. The van der Waals surface area contributed by atoms with Crippen molar-refractivity contribution in [2.24, 2.45) is 0 Å². The molecule has 0 spiro atoms. The molecule has 35 heavy (non-hydrogen) atoms. The van der Waals surface area contributed by atoms with Gasteiger partial charge in [-0.2, -0.15) is 0 Å². The van der Waals surface area contributed by atoms with Crippen LogP contribution in [0.2, 0.25) is 0 Å². The van der Waals surface area contributed by atoms with Gasteiger partial charge in [-0.15, -0.1) is 0 Å². The molecular weight excluding hydrogens is 469 g/mol. The predicted octanol–water partition coefficient (Wildman–Crippen LogP) is 3.39. The van der Waals surface area contributed by atoms with Crippen LogP contribution in [0.15, 0.2) is 88.6 Å². The second kappa shape index (κ2) is 12.1. The van der Waals surface area contributed by atoms with E-state index in [9.17, 15) is 18.9 Å². The fourth-order valence-corrected chi connectivity index (χ4v) is 4.94. The summed E-state index contributed by atoms with van der Waals surface area (Å²) < 4.78 is 26.1. The minimum atomic E-state index is -3.58.